The maximum absolute atomic E-state index is 14.7. The smallest absolute Gasteiger partial charge is 0.472 e. The molecule has 3 aromatic rings. The molecule has 0 unspecified atom stereocenters. The third-order valence-corrected chi connectivity index (χ3v) is 13.3. The van der Waals surface area contributed by atoms with E-state index in [0.717, 1.165) is 12.1 Å². The molecule has 2 saturated carbocycles. The lowest BCUT2D eigenvalue weighted by atomic mass is 10.0. The zero-order valence-electron chi connectivity index (χ0n) is 35.8. The van der Waals surface area contributed by atoms with Crippen molar-refractivity contribution in [1.29, 1.82) is 0 Å². The minimum absolute atomic E-state index is 0.0814. The van der Waals surface area contributed by atoms with Crippen LogP contribution in [0.3, 0.4) is 0 Å². The van der Waals surface area contributed by atoms with Crippen LogP contribution in [0.5, 0.6) is 11.6 Å². The minimum atomic E-state index is -4.88. The van der Waals surface area contributed by atoms with E-state index in [1.165, 1.54) is 29.2 Å². The predicted molar refractivity (Wildman–Crippen MR) is 227 cm³/mol. The fourth-order valence-electron chi connectivity index (χ4n) is 8.01. The van der Waals surface area contributed by atoms with Gasteiger partial charge in [0.25, 0.3) is 5.91 Å². The Hall–Kier alpha value is -5.59. The van der Waals surface area contributed by atoms with Crippen LogP contribution in [0.15, 0.2) is 60.7 Å². The fourth-order valence-corrected chi connectivity index (χ4v) is 9.38. The zero-order valence-corrected chi connectivity index (χ0v) is 36.6. The second-order valence-corrected chi connectivity index (χ2v) is 19.8. The fraction of sp³-hybridized carbons (Fsp3) is 0.523. The third kappa shape index (κ3) is 11.0. The molecule has 0 spiro atoms. The minimum Gasteiger partial charge on any atom is -0.472 e. The quantitative estimate of drug-likeness (QED) is 0.211. The topological polar surface area (TPSA) is 186 Å². The van der Waals surface area contributed by atoms with Gasteiger partial charge in [0.05, 0.1) is 17.5 Å². The van der Waals surface area contributed by atoms with Gasteiger partial charge < -0.3 is 34.6 Å². The van der Waals surface area contributed by atoms with Crippen molar-refractivity contribution in [3.63, 3.8) is 0 Å². The van der Waals surface area contributed by atoms with Crippen LogP contribution >= 0.6 is 0 Å². The number of rotatable bonds is 9. The third-order valence-electron chi connectivity index (χ3n) is 11.5. The first-order chi connectivity index (χ1) is 29.6. The van der Waals surface area contributed by atoms with Gasteiger partial charge in [0.15, 0.2) is 0 Å². The van der Waals surface area contributed by atoms with Gasteiger partial charge in [-0.1, -0.05) is 25.0 Å². The number of carbonyl (C=O) groups is 4. The van der Waals surface area contributed by atoms with E-state index in [9.17, 15) is 40.8 Å². The van der Waals surface area contributed by atoms with Crippen LogP contribution in [-0.4, -0.2) is 104 Å². The molecule has 2 aliphatic carbocycles. The summed E-state index contributed by atoms with van der Waals surface area (Å²) in [5, 5.41) is 6.14. The number of halogens is 3. The van der Waals surface area contributed by atoms with Crippen LogP contribution in [0.25, 0.3) is 22.0 Å². The molecule has 2 aliphatic heterocycles. The normalized spacial score (nSPS) is 25.0. The van der Waals surface area contributed by atoms with Crippen LogP contribution in [0.1, 0.15) is 78.6 Å². The Morgan fingerprint density at radius 1 is 0.984 bits per heavy atom. The summed E-state index contributed by atoms with van der Waals surface area (Å²) < 4.78 is 83.1. The summed E-state index contributed by atoms with van der Waals surface area (Å²) in [6, 6.07) is 10.2. The number of amides is 4. The Labute approximate surface area is 364 Å². The van der Waals surface area contributed by atoms with E-state index in [1.54, 1.807) is 26.8 Å². The van der Waals surface area contributed by atoms with E-state index in [-0.39, 0.29) is 31.7 Å². The number of benzene rings is 2. The highest BCUT2D eigenvalue weighted by Gasteiger charge is 2.62. The molecule has 3 N–H and O–H groups in total. The first kappa shape index (κ1) is 45.4. The van der Waals surface area contributed by atoms with Gasteiger partial charge in [0.1, 0.15) is 35.1 Å². The SMILES string of the molecule is CN(C)c1ccc2c(O[C@@H]3C[C@H]4C(=O)N[C@]5(C(=O)NS(=O)(=O)C6CC6)C[C@H]5/C=C\CCCCC[C@H](NC(=O)OC(C)(C)C)C(=O)N4C3)nc(-c3ccc(OC(F)(F)F)cc3)cc2c1. The number of hydrogen-bond donors (Lipinski definition) is 3. The van der Waals surface area contributed by atoms with E-state index in [0.29, 0.717) is 54.1 Å². The van der Waals surface area contributed by atoms with Crippen LogP contribution in [0.2, 0.25) is 0 Å². The number of pyridine rings is 1. The molecule has 3 heterocycles. The number of nitrogens with one attached hydrogen (secondary N) is 3. The van der Waals surface area contributed by atoms with Gasteiger partial charge in [-0.3, -0.25) is 19.1 Å². The van der Waals surface area contributed by atoms with Crippen LogP contribution in [0, 0.1) is 5.92 Å². The Morgan fingerprint density at radius 3 is 2.38 bits per heavy atom. The summed E-state index contributed by atoms with van der Waals surface area (Å²) in [4.78, 5) is 64.3. The average Bonchev–Trinajstić information content (AvgIpc) is 4.12. The van der Waals surface area contributed by atoms with Gasteiger partial charge in [-0.05, 0) is 113 Å². The second kappa shape index (κ2) is 17.5. The standard InChI is InChI=1S/C44H53F3N6O9S/c1-42(2,3)62-41(57)49-34-12-10-8-6-7-9-11-28-24-43(28,40(56)51-63(58,59)32-18-19-32)50-37(54)36-23-31(25-53(36)39(34)55)60-38-33-20-15-29(52(4)5)21-27(33)22-35(48-38)26-13-16-30(17-14-26)61-44(45,46)47/h9,11,13-17,20-22,28,31-32,34,36H,6-8,10,12,18-19,23-25H2,1-5H3,(H,49,57)(H,50,54)(H,51,56)/b11-9-/t28-,31-,34+,36+,43-/m1/s1. The van der Waals surface area contributed by atoms with Crippen LogP contribution < -0.4 is 29.7 Å². The van der Waals surface area contributed by atoms with Gasteiger partial charge >= 0.3 is 12.5 Å². The molecule has 340 valence electrons. The van der Waals surface area contributed by atoms with Crippen molar-refractivity contribution in [3.8, 4) is 22.9 Å². The Balaban J connectivity index is 1.24. The molecule has 19 heteroatoms. The average molecular weight is 899 g/mol. The Morgan fingerprint density at radius 2 is 1.71 bits per heavy atom. The molecule has 1 saturated heterocycles. The van der Waals surface area contributed by atoms with E-state index in [4.69, 9.17) is 14.5 Å². The van der Waals surface area contributed by atoms with Crippen molar-refractivity contribution in [1.82, 2.24) is 25.2 Å². The number of hydrogen-bond acceptors (Lipinski definition) is 11. The predicted octanol–water partition coefficient (Wildman–Crippen LogP) is 6.11. The molecule has 4 amide bonds. The van der Waals surface area contributed by atoms with E-state index < -0.39 is 86.4 Å². The summed E-state index contributed by atoms with van der Waals surface area (Å²) in [6.07, 6.45) is 0.966. The van der Waals surface area contributed by atoms with Crippen molar-refractivity contribution in [2.45, 2.75) is 119 Å². The number of sulfonamides is 1. The number of carbonyl (C=O) groups excluding carboxylic acids is 4. The van der Waals surface area contributed by atoms with Crippen LogP contribution in [-0.2, 0) is 29.1 Å². The Kier molecular flexibility index (Phi) is 12.6. The van der Waals surface area contributed by atoms with E-state index in [2.05, 4.69) is 20.1 Å². The summed E-state index contributed by atoms with van der Waals surface area (Å²) in [7, 11) is -0.229. The van der Waals surface area contributed by atoms with Crippen molar-refractivity contribution in [2.24, 2.45) is 5.92 Å². The zero-order chi connectivity index (χ0) is 45.5. The van der Waals surface area contributed by atoms with Crippen molar-refractivity contribution >= 4 is 50.3 Å². The number of aromatic nitrogens is 1. The largest absolute Gasteiger partial charge is 0.573 e. The highest BCUT2D eigenvalue weighted by Crippen LogP contribution is 2.46. The maximum atomic E-state index is 14.7. The lowest BCUT2D eigenvalue weighted by molar-refractivity contribution is -0.274. The lowest BCUT2D eigenvalue weighted by Gasteiger charge is -2.30. The molecule has 0 bridgehead atoms. The van der Waals surface area contributed by atoms with Gasteiger partial charge in [-0.2, -0.15) is 0 Å². The molecule has 0 radical (unpaired) electrons. The van der Waals surface area contributed by atoms with Crippen molar-refractivity contribution in [3.05, 3.63) is 60.7 Å². The highest BCUT2D eigenvalue weighted by atomic mass is 32.2. The van der Waals surface area contributed by atoms with Crippen LogP contribution in [0.4, 0.5) is 23.7 Å². The number of ether oxygens (including phenoxy) is 3. The summed E-state index contributed by atoms with van der Waals surface area (Å²) in [5.41, 5.74) is -0.802. The van der Waals surface area contributed by atoms with Gasteiger partial charge in [0, 0.05) is 43.1 Å². The molecule has 7 rings (SSSR count). The Bertz CT molecular complexity index is 2380. The highest BCUT2D eigenvalue weighted by molar-refractivity contribution is 7.91. The summed E-state index contributed by atoms with van der Waals surface area (Å²) in [5.74, 6) is -2.92. The number of nitrogens with zero attached hydrogens (tertiary/aromatic N) is 3. The number of alkyl carbamates (subject to hydrolysis) is 1. The molecule has 2 aromatic carbocycles. The van der Waals surface area contributed by atoms with Crippen molar-refractivity contribution in [2.75, 3.05) is 25.5 Å². The monoisotopic (exact) mass is 898 g/mol. The molecular weight excluding hydrogens is 846 g/mol. The number of alkyl halides is 3. The molecule has 63 heavy (non-hydrogen) atoms. The lowest BCUT2D eigenvalue weighted by Crippen LogP contribution is -2.58. The maximum Gasteiger partial charge on any atom is 0.573 e. The first-order valence-electron chi connectivity index (χ1n) is 21.1. The summed E-state index contributed by atoms with van der Waals surface area (Å²) in [6.45, 7) is 4.94. The number of allylic oxidation sites excluding steroid dienone is 1. The molecular formula is C44H53F3N6O9S. The second-order valence-electron chi connectivity index (χ2n) is 17.9. The van der Waals surface area contributed by atoms with Gasteiger partial charge in [-0.15, -0.1) is 13.2 Å². The van der Waals surface area contributed by atoms with E-state index in [1.807, 2.05) is 49.3 Å². The summed E-state index contributed by atoms with van der Waals surface area (Å²) >= 11 is 0. The molecule has 1 aromatic heterocycles. The van der Waals surface area contributed by atoms with Gasteiger partial charge in [0.2, 0.25) is 27.7 Å². The molecule has 5 atom stereocenters. The van der Waals surface area contributed by atoms with Gasteiger partial charge in [-0.25, -0.2) is 18.2 Å². The molecule has 4 aliphatic rings. The molecule has 15 nitrogen and oxygen atoms in total. The number of fused-ring (bicyclic) bond motifs is 3. The van der Waals surface area contributed by atoms with E-state index >= 15 is 0 Å². The molecule has 3 fully saturated rings. The van der Waals surface area contributed by atoms with Crippen molar-refractivity contribution < 1.29 is 55.0 Å². The first-order valence-corrected chi connectivity index (χ1v) is 22.7. The number of anilines is 1.